The van der Waals surface area contributed by atoms with E-state index in [0.717, 1.165) is 12.2 Å². The summed E-state index contributed by atoms with van der Waals surface area (Å²) in [6.45, 7) is 6.54. The quantitative estimate of drug-likeness (QED) is 0.780. The van der Waals surface area contributed by atoms with E-state index in [9.17, 15) is 0 Å². The van der Waals surface area contributed by atoms with Gasteiger partial charge in [0.05, 0.1) is 0 Å². The van der Waals surface area contributed by atoms with Crippen molar-refractivity contribution >= 4 is 0 Å². The molecule has 1 rings (SSSR count). The Balaban J connectivity index is 2.82. The lowest BCUT2D eigenvalue weighted by Crippen LogP contribution is -2.35. The number of likely N-dealkylation sites (N-methyl/N-ethyl adjacent to an activating group) is 1. The SMILES string of the molecule is CCCC(NC)C(CC)n1ccnc1C. The standard InChI is InChI=1S/C12H23N3/c1-5-7-11(13-4)12(6-2)15-9-8-14-10(15)3/h8-9,11-13H,5-7H2,1-4H3. The third-order valence-electron chi connectivity index (χ3n) is 3.07. The summed E-state index contributed by atoms with van der Waals surface area (Å²) in [6.07, 6.45) is 7.55. The molecule has 3 nitrogen and oxygen atoms in total. The summed E-state index contributed by atoms with van der Waals surface area (Å²) in [5.74, 6) is 1.11. The number of aryl methyl sites for hydroxylation is 1. The number of rotatable bonds is 6. The van der Waals surface area contributed by atoms with E-state index in [1.807, 2.05) is 6.20 Å². The molecule has 86 valence electrons. The van der Waals surface area contributed by atoms with Gasteiger partial charge >= 0.3 is 0 Å². The number of aromatic nitrogens is 2. The summed E-state index contributed by atoms with van der Waals surface area (Å²) in [4.78, 5) is 4.30. The van der Waals surface area contributed by atoms with Gasteiger partial charge in [-0.25, -0.2) is 4.98 Å². The molecule has 1 heterocycles. The van der Waals surface area contributed by atoms with Crippen LogP contribution in [0.5, 0.6) is 0 Å². The van der Waals surface area contributed by atoms with Gasteiger partial charge < -0.3 is 9.88 Å². The van der Waals surface area contributed by atoms with E-state index in [2.05, 4.69) is 48.9 Å². The van der Waals surface area contributed by atoms with Crippen molar-refractivity contribution in [2.75, 3.05) is 7.05 Å². The Morgan fingerprint density at radius 3 is 2.60 bits per heavy atom. The predicted molar refractivity (Wildman–Crippen MR) is 64.0 cm³/mol. The van der Waals surface area contributed by atoms with Gasteiger partial charge in [0, 0.05) is 24.5 Å². The molecule has 0 fully saturated rings. The minimum absolute atomic E-state index is 0.525. The molecule has 2 unspecified atom stereocenters. The second-order valence-corrected chi connectivity index (χ2v) is 4.04. The van der Waals surface area contributed by atoms with Crippen LogP contribution in [0.4, 0.5) is 0 Å². The molecule has 0 saturated carbocycles. The monoisotopic (exact) mass is 209 g/mol. The van der Waals surface area contributed by atoms with Crippen LogP contribution in [0.25, 0.3) is 0 Å². The molecule has 0 bridgehead atoms. The maximum absolute atomic E-state index is 4.30. The van der Waals surface area contributed by atoms with E-state index in [-0.39, 0.29) is 0 Å². The van der Waals surface area contributed by atoms with Crippen molar-refractivity contribution in [1.29, 1.82) is 0 Å². The zero-order chi connectivity index (χ0) is 11.3. The molecule has 0 radical (unpaired) electrons. The highest BCUT2D eigenvalue weighted by Gasteiger charge is 2.19. The van der Waals surface area contributed by atoms with E-state index in [1.165, 1.54) is 12.8 Å². The van der Waals surface area contributed by atoms with Crippen molar-refractivity contribution in [3.63, 3.8) is 0 Å². The minimum Gasteiger partial charge on any atom is -0.331 e. The Labute approximate surface area is 92.9 Å². The van der Waals surface area contributed by atoms with Gasteiger partial charge in [-0.2, -0.15) is 0 Å². The first-order valence-electron chi connectivity index (χ1n) is 5.91. The first-order valence-corrected chi connectivity index (χ1v) is 5.91. The van der Waals surface area contributed by atoms with Crippen LogP contribution in [0.3, 0.4) is 0 Å². The molecule has 3 heteroatoms. The zero-order valence-electron chi connectivity index (χ0n) is 10.3. The molecule has 0 aliphatic heterocycles. The predicted octanol–water partition coefficient (Wildman–Crippen LogP) is 2.53. The second kappa shape index (κ2) is 5.91. The molecule has 0 aromatic carbocycles. The number of nitrogens with one attached hydrogen (secondary N) is 1. The molecule has 1 N–H and O–H groups in total. The van der Waals surface area contributed by atoms with Gasteiger partial charge in [0.25, 0.3) is 0 Å². The lowest BCUT2D eigenvalue weighted by Gasteiger charge is -2.27. The number of hydrogen-bond donors (Lipinski definition) is 1. The summed E-state index contributed by atoms with van der Waals surface area (Å²) < 4.78 is 2.29. The molecule has 1 aromatic heterocycles. The van der Waals surface area contributed by atoms with Crippen LogP contribution in [0.2, 0.25) is 0 Å². The van der Waals surface area contributed by atoms with Gasteiger partial charge in [0.15, 0.2) is 0 Å². The summed E-state index contributed by atoms with van der Waals surface area (Å²) in [5, 5.41) is 3.42. The van der Waals surface area contributed by atoms with Crippen LogP contribution in [0.15, 0.2) is 12.4 Å². The van der Waals surface area contributed by atoms with Crippen molar-refractivity contribution in [1.82, 2.24) is 14.9 Å². The van der Waals surface area contributed by atoms with Crippen LogP contribution in [0, 0.1) is 6.92 Å². The Bertz CT molecular complexity index is 280. The topological polar surface area (TPSA) is 29.9 Å². The Kier molecular flexibility index (Phi) is 4.82. The van der Waals surface area contributed by atoms with Crippen molar-refractivity contribution in [3.05, 3.63) is 18.2 Å². The fraction of sp³-hybridized carbons (Fsp3) is 0.750. The Morgan fingerprint density at radius 1 is 1.47 bits per heavy atom. The van der Waals surface area contributed by atoms with E-state index >= 15 is 0 Å². The summed E-state index contributed by atoms with van der Waals surface area (Å²) in [7, 11) is 2.05. The first-order chi connectivity index (χ1) is 7.24. The highest BCUT2D eigenvalue weighted by Crippen LogP contribution is 2.20. The Morgan fingerprint density at radius 2 is 2.20 bits per heavy atom. The second-order valence-electron chi connectivity index (χ2n) is 4.04. The Hall–Kier alpha value is -0.830. The highest BCUT2D eigenvalue weighted by molar-refractivity contribution is 4.95. The van der Waals surface area contributed by atoms with Crippen molar-refractivity contribution in [2.45, 2.75) is 52.1 Å². The third kappa shape index (κ3) is 2.81. The van der Waals surface area contributed by atoms with Crippen LogP contribution in [-0.2, 0) is 0 Å². The lowest BCUT2D eigenvalue weighted by atomic mass is 10.0. The highest BCUT2D eigenvalue weighted by atomic mass is 15.1. The fourth-order valence-corrected chi connectivity index (χ4v) is 2.25. The molecular weight excluding hydrogens is 186 g/mol. The van der Waals surface area contributed by atoms with Gasteiger partial charge in [0.1, 0.15) is 5.82 Å². The summed E-state index contributed by atoms with van der Waals surface area (Å²) >= 11 is 0. The molecule has 0 aliphatic rings. The molecule has 0 saturated heterocycles. The maximum atomic E-state index is 4.30. The largest absolute Gasteiger partial charge is 0.331 e. The first kappa shape index (κ1) is 12.2. The average Bonchev–Trinajstić information content (AvgIpc) is 2.65. The van der Waals surface area contributed by atoms with E-state index in [1.54, 1.807) is 0 Å². The molecule has 0 amide bonds. The lowest BCUT2D eigenvalue weighted by molar-refractivity contribution is 0.332. The van der Waals surface area contributed by atoms with Gasteiger partial charge in [-0.05, 0) is 26.8 Å². The van der Waals surface area contributed by atoms with E-state index < -0.39 is 0 Å². The average molecular weight is 209 g/mol. The maximum Gasteiger partial charge on any atom is 0.105 e. The van der Waals surface area contributed by atoms with Gasteiger partial charge in [-0.1, -0.05) is 20.3 Å². The molecule has 0 spiro atoms. The third-order valence-corrected chi connectivity index (χ3v) is 3.07. The van der Waals surface area contributed by atoms with Gasteiger partial charge in [-0.3, -0.25) is 0 Å². The molecular formula is C12H23N3. The van der Waals surface area contributed by atoms with E-state index in [0.29, 0.717) is 12.1 Å². The van der Waals surface area contributed by atoms with E-state index in [4.69, 9.17) is 0 Å². The van der Waals surface area contributed by atoms with Crippen LogP contribution >= 0.6 is 0 Å². The number of nitrogens with zero attached hydrogens (tertiary/aromatic N) is 2. The normalized spacial score (nSPS) is 15.2. The zero-order valence-corrected chi connectivity index (χ0v) is 10.3. The summed E-state index contributed by atoms with van der Waals surface area (Å²) in [6, 6.07) is 1.07. The number of imidazole rings is 1. The van der Waals surface area contributed by atoms with Crippen LogP contribution < -0.4 is 5.32 Å². The van der Waals surface area contributed by atoms with Crippen molar-refractivity contribution in [3.8, 4) is 0 Å². The molecule has 1 aromatic rings. The van der Waals surface area contributed by atoms with Crippen LogP contribution in [-0.4, -0.2) is 22.6 Å². The minimum atomic E-state index is 0.525. The molecule has 0 aliphatic carbocycles. The van der Waals surface area contributed by atoms with Crippen molar-refractivity contribution < 1.29 is 0 Å². The molecule has 15 heavy (non-hydrogen) atoms. The fourth-order valence-electron chi connectivity index (χ4n) is 2.25. The smallest absolute Gasteiger partial charge is 0.105 e. The molecule has 2 atom stereocenters. The van der Waals surface area contributed by atoms with Gasteiger partial charge in [0.2, 0.25) is 0 Å². The van der Waals surface area contributed by atoms with Crippen LogP contribution in [0.1, 0.15) is 45.0 Å². The number of hydrogen-bond acceptors (Lipinski definition) is 2. The van der Waals surface area contributed by atoms with Crippen molar-refractivity contribution in [2.24, 2.45) is 0 Å². The van der Waals surface area contributed by atoms with Gasteiger partial charge in [-0.15, -0.1) is 0 Å². The summed E-state index contributed by atoms with van der Waals surface area (Å²) in [5.41, 5.74) is 0.